The van der Waals surface area contributed by atoms with Gasteiger partial charge in [0.15, 0.2) is 0 Å². The average molecular weight is 357 g/mol. The Labute approximate surface area is 154 Å². The summed E-state index contributed by atoms with van der Waals surface area (Å²) in [6, 6.07) is 16.7. The molecule has 7 heteroatoms. The number of hydrogen-bond acceptors (Lipinski definition) is 7. The minimum absolute atomic E-state index is 0.0474. The van der Waals surface area contributed by atoms with Crippen LogP contribution in [0.4, 0.5) is 5.82 Å². The number of nitrogens with two attached hydrogens (primary N) is 1. The standard InChI is InChI=1S/C19H11N5OS/c20-8-12-3-1-4-13(7-12)11-26-19-15(10-22)17(16-5-2-6-25-16)14(9-21)18(23)24-19/h1-7H,11H2,(H2,23,24). The first kappa shape index (κ1) is 17.1. The number of rotatable bonds is 4. The van der Waals surface area contributed by atoms with Crippen LogP contribution in [-0.2, 0) is 5.75 Å². The van der Waals surface area contributed by atoms with E-state index >= 15 is 0 Å². The minimum Gasteiger partial charge on any atom is -0.464 e. The van der Waals surface area contributed by atoms with Gasteiger partial charge in [0.25, 0.3) is 0 Å². The Bertz CT molecular complexity index is 1080. The highest BCUT2D eigenvalue weighted by Crippen LogP contribution is 2.36. The zero-order valence-electron chi connectivity index (χ0n) is 13.4. The predicted octanol–water partition coefficient (Wildman–Crippen LogP) is 3.83. The van der Waals surface area contributed by atoms with Crippen molar-refractivity contribution in [1.29, 1.82) is 15.8 Å². The maximum absolute atomic E-state index is 9.65. The third kappa shape index (κ3) is 3.23. The van der Waals surface area contributed by atoms with Crippen molar-refractivity contribution in [2.75, 3.05) is 5.73 Å². The van der Waals surface area contributed by atoms with E-state index in [1.54, 1.807) is 30.3 Å². The van der Waals surface area contributed by atoms with Gasteiger partial charge in [0.1, 0.15) is 34.3 Å². The van der Waals surface area contributed by atoms with Gasteiger partial charge in [-0.25, -0.2) is 4.98 Å². The number of anilines is 1. The molecule has 2 heterocycles. The molecule has 6 nitrogen and oxygen atoms in total. The fourth-order valence-electron chi connectivity index (χ4n) is 2.45. The Hall–Kier alpha value is -3.73. The fourth-order valence-corrected chi connectivity index (χ4v) is 3.39. The second kappa shape index (κ2) is 7.44. The average Bonchev–Trinajstić information content (AvgIpc) is 3.20. The lowest BCUT2D eigenvalue weighted by molar-refractivity contribution is 0.581. The van der Waals surface area contributed by atoms with Crippen LogP contribution in [0.25, 0.3) is 11.3 Å². The molecule has 0 saturated carbocycles. The number of hydrogen-bond donors (Lipinski definition) is 1. The Morgan fingerprint density at radius 3 is 2.50 bits per heavy atom. The number of nitrogens with zero attached hydrogens (tertiary/aromatic N) is 4. The Morgan fingerprint density at radius 1 is 1.04 bits per heavy atom. The van der Waals surface area contributed by atoms with Crippen molar-refractivity contribution in [3.63, 3.8) is 0 Å². The van der Waals surface area contributed by atoms with E-state index in [4.69, 9.17) is 15.4 Å². The van der Waals surface area contributed by atoms with E-state index in [2.05, 4.69) is 17.1 Å². The summed E-state index contributed by atoms with van der Waals surface area (Å²) in [7, 11) is 0. The highest BCUT2D eigenvalue weighted by molar-refractivity contribution is 7.98. The SMILES string of the molecule is N#Cc1cccc(CSc2nc(N)c(C#N)c(-c3ccco3)c2C#N)c1. The normalized spacial score (nSPS) is 9.88. The van der Waals surface area contributed by atoms with Crippen LogP contribution in [0.5, 0.6) is 0 Å². The number of pyridine rings is 1. The van der Waals surface area contributed by atoms with Crippen LogP contribution in [-0.4, -0.2) is 4.98 Å². The second-order valence-corrected chi connectivity index (χ2v) is 6.19. The monoisotopic (exact) mass is 357 g/mol. The number of furan rings is 1. The van der Waals surface area contributed by atoms with Gasteiger partial charge in [-0.15, -0.1) is 11.8 Å². The molecule has 0 unspecified atom stereocenters. The maximum Gasteiger partial charge on any atom is 0.143 e. The molecule has 0 atom stereocenters. The lowest BCUT2D eigenvalue weighted by Gasteiger charge is -2.11. The van der Waals surface area contributed by atoms with Gasteiger partial charge in [-0.05, 0) is 29.8 Å². The molecule has 0 saturated heterocycles. The summed E-state index contributed by atoms with van der Waals surface area (Å²) in [5.41, 5.74) is 8.13. The smallest absolute Gasteiger partial charge is 0.143 e. The molecule has 0 aliphatic rings. The van der Waals surface area contributed by atoms with E-state index in [1.165, 1.54) is 18.0 Å². The largest absolute Gasteiger partial charge is 0.464 e. The highest BCUT2D eigenvalue weighted by atomic mass is 32.2. The summed E-state index contributed by atoms with van der Waals surface area (Å²) in [6.07, 6.45) is 1.47. The first-order valence-corrected chi connectivity index (χ1v) is 8.46. The molecule has 0 aliphatic carbocycles. The molecule has 26 heavy (non-hydrogen) atoms. The molecule has 124 valence electrons. The molecule has 0 amide bonds. The molecule has 3 aromatic rings. The molecular formula is C19H11N5OS. The number of nitrogen functional groups attached to an aromatic ring is 1. The summed E-state index contributed by atoms with van der Waals surface area (Å²) in [6.45, 7) is 0. The molecule has 0 bridgehead atoms. The summed E-state index contributed by atoms with van der Waals surface area (Å²) in [5, 5.41) is 28.5. The number of aromatic nitrogens is 1. The van der Waals surface area contributed by atoms with Crippen LogP contribution < -0.4 is 5.73 Å². The first-order chi connectivity index (χ1) is 12.7. The highest BCUT2D eigenvalue weighted by Gasteiger charge is 2.22. The van der Waals surface area contributed by atoms with E-state index in [1.807, 2.05) is 12.1 Å². The molecule has 2 N–H and O–H groups in total. The van der Waals surface area contributed by atoms with Gasteiger partial charge >= 0.3 is 0 Å². The second-order valence-electron chi connectivity index (χ2n) is 5.23. The summed E-state index contributed by atoms with van der Waals surface area (Å²) < 4.78 is 5.38. The van der Waals surface area contributed by atoms with Crippen molar-refractivity contribution >= 4 is 17.6 Å². The van der Waals surface area contributed by atoms with Gasteiger partial charge in [0.2, 0.25) is 0 Å². The molecule has 0 aliphatic heterocycles. The fraction of sp³-hybridized carbons (Fsp3) is 0.0526. The predicted molar refractivity (Wildman–Crippen MR) is 96.5 cm³/mol. The van der Waals surface area contributed by atoms with Gasteiger partial charge < -0.3 is 10.2 Å². The topological polar surface area (TPSA) is 123 Å². The van der Waals surface area contributed by atoms with Gasteiger partial charge in [-0.2, -0.15) is 15.8 Å². The van der Waals surface area contributed by atoms with Crippen molar-refractivity contribution < 1.29 is 4.42 Å². The van der Waals surface area contributed by atoms with Crippen LogP contribution in [0.15, 0.2) is 52.1 Å². The summed E-state index contributed by atoms with van der Waals surface area (Å²) >= 11 is 1.31. The van der Waals surface area contributed by atoms with Crippen LogP contribution in [0.1, 0.15) is 22.3 Å². The third-order valence-corrected chi connectivity index (χ3v) is 4.66. The van der Waals surface area contributed by atoms with Crippen molar-refractivity contribution in [1.82, 2.24) is 4.98 Å². The number of benzene rings is 1. The quantitative estimate of drug-likeness (QED) is 0.704. The van der Waals surface area contributed by atoms with E-state index in [0.29, 0.717) is 27.7 Å². The zero-order chi connectivity index (χ0) is 18.5. The van der Waals surface area contributed by atoms with Gasteiger partial charge in [-0.1, -0.05) is 12.1 Å². The van der Waals surface area contributed by atoms with E-state index in [9.17, 15) is 10.5 Å². The van der Waals surface area contributed by atoms with E-state index in [-0.39, 0.29) is 16.9 Å². The Balaban J connectivity index is 2.04. The molecule has 2 aromatic heterocycles. The Morgan fingerprint density at radius 2 is 1.85 bits per heavy atom. The van der Waals surface area contributed by atoms with Crippen LogP contribution in [0.2, 0.25) is 0 Å². The Kier molecular flexibility index (Phi) is 4.90. The molecule has 0 radical (unpaired) electrons. The molecule has 0 fully saturated rings. The maximum atomic E-state index is 9.65. The van der Waals surface area contributed by atoms with Crippen molar-refractivity contribution in [2.24, 2.45) is 0 Å². The summed E-state index contributed by atoms with van der Waals surface area (Å²) in [4.78, 5) is 4.23. The van der Waals surface area contributed by atoms with Gasteiger partial charge in [-0.3, -0.25) is 0 Å². The number of thioether (sulfide) groups is 1. The molecular weight excluding hydrogens is 346 g/mol. The van der Waals surface area contributed by atoms with E-state index in [0.717, 1.165) is 5.56 Å². The lowest BCUT2D eigenvalue weighted by atomic mass is 10.0. The third-order valence-electron chi connectivity index (χ3n) is 3.61. The van der Waals surface area contributed by atoms with Gasteiger partial charge in [0, 0.05) is 5.75 Å². The number of nitriles is 3. The first-order valence-electron chi connectivity index (χ1n) is 7.47. The zero-order valence-corrected chi connectivity index (χ0v) is 14.2. The minimum atomic E-state index is 0.0474. The van der Waals surface area contributed by atoms with Crippen LogP contribution >= 0.6 is 11.8 Å². The van der Waals surface area contributed by atoms with Crippen molar-refractivity contribution in [3.8, 4) is 29.5 Å². The lowest BCUT2D eigenvalue weighted by Crippen LogP contribution is -2.03. The molecule has 1 aromatic carbocycles. The summed E-state index contributed by atoms with van der Waals surface area (Å²) in [5.74, 6) is 0.937. The van der Waals surface area contributed by atoms with Crippen molar-refractivity contribution in [3.05, 3.63) is 64.9 Å². The van der Waals surface area contributed by atoms with E-state index < -0.39 is 0 Å². The molecule has 3 rings (SSSR count). The molecule has 0 spiro atoms. The van der Waals surface area contributed by atoms with Crippen molar-refractivity contribution in [2.45, 2.75) is 10.8 Å². The van der Waals surface area contributed by atoms with Crippen LogP contribution in [0.3, 0.4) is 0 Å². The van der Waals surface area contributed by atoms with Crippen LogP contribution in [0, 0.1) is 34.0 Å². The van der Waals surface area contributed by atoms with Gasteiger partial charge in [0.05, 0.1) is 29.0 Å².